The van der Waals surface area contributed by atoms with Gasteiger partial charge in [0.2, 0.25) is 0 Å². The van der Waals surface area contributed by atoms with E-state index in [9.17, 15) is 23.2 Å². The molecule has 2 saturated carbocycles. The Kier molecular flexibility index (Phi) is 4.39. The van der Waals surface area contributed by atoms with Gasteiger partial charge >= 0.3 is 23.8 Å². The van der Waals surface area contributed by atoms with Crippen molar-refractivity contribution in [2.75, 3.05) is 0 Å². The van der Waals surface area contributed by atoms with Gasteiger partial charge < -0.3 is 14.2 Å². The molecule has 9 heteroatoms. The lowest BCUT2D eigenvalue weighted by Gasteiger charge is -2.30. The van der Waals surface area contributed by atoms with Crippen LogP contribution in [0.25, 0.3) is 0 Å². The summed E-state index contributed by atoms with van der Waals surface area (Å²) in [6.07, 6.45) is -1.45. The van der Waals surface area contributed by atoms with Crippen molar-refractivity contribution in [2.24, 2.45) is 23.7 Å². The Morgan fingerprint density at radius 3 is 2.70 bits per heavy atom. The van der Waals surface area contributed by atoms with E-state index in [2.05, 4.69) is 22.6 Å². The molecule has 3 fully saturated rings. The van der Waals surface area contributed by atoms with Crippen molar-refractivity contribution in [3.63, 3.8) is 0 Å². The molecule has 3 aliphatic rings. The molecular weight excluding hydrogens is 477 g/mol. The molecule has 0 aromatic heterocycles. The minimum absolute atomic E-state index is 0.325. The quantitative estimate of drug-likeness (QED) is 0.366. The minimum atomic E-state index is -3.67. The van der Waals surface area contributed by atoms with Crippen LogP contribution in [0.15, 0.2) is 24.3 Å². The van der Waals surface area contributed by atoms with Crippen molar-refractivity contribution >= 4 is 40.5 Å². The van der Waals surface area contributed by atoms with Gasteiger partial charge in [-0.15, -0.1) is 0 Å². The molecular formula is C18H15F2IO6. The molecule has 6 atom stereocenters. The molecule has 1 aromatic carbocycles. The smallest absolute Gasteiger partial charge is 0.377 e. The summed E-state index contributed by atoms with van der Waals surface area (Å²) in [6, 6.07) is 6.82. The highest BCUT2D eigenvalue weighted by molar-refractivity contribution is 14.1. The number of ether oxygens (including phenoxy) is 3. The second-order valence-electron chi connectivity index (χ2n) is 7.15. The summed E-state index contributed by atoms with van der Waals surface area (Å²) in [5.74, 6) is -8.74. The van der Waals surface area contributed by atoms with Crippen LogP contribution < -0.4 is 4.74 Å². The Morgan fingerprint density at radius 2 is 2.04 bits per heavy atom. The number of alkyl halides is 2. The van der Waals surface area contributed by atoms with Gasteiger partial charge in [-0.1, -0.05) is 6.07 Å². The van der Waals surface area contributed by atoms with Gasteiger partial charge in [-0.05, 0) is 47.2 Å². The summed E-state index contributed by atoms with van der Waals surface area (Å²) in [6.45, 7) is 0.439. The number of rotatable bonds is 4. The van der Waals surface area contributed by atoms with Gasteiger partial charge in [0.1, 0.15) is 18.0 Å². The first-order chi connectivity index (χ1) is 12.7. The van der Waals surface area contributed by atoms with Crippen LogP contribution in [0.2, 0.25) is 0 Å². The van der Waals surface area contributed by atoms with E-state index in [1.807, 2.05) is 6.07 Å². The number of fused-ring (bicyclic) bond motifs is 1. The largest absolute Gasteiger partial charge is 0.458 e. The lowest BCUT2D eigenvalue weighted by Crippen LogP contribution is -2.46. The third-order valence-electron chi connectivity index (χ3n) is 5.43. The molecule has 0 N–H and O–H groups in total. The van der Waals surface area contributed by atoms with E-state index in [4.69, 9.17) is 14.2 Å². The predicted octanol–water partition coefficient (Wildman–Crippen LogP) is 2.57. The van der Waals surface area contributed by atoms with Crippen molar-refractivity contribution in [3.8, 4) is 5.75 Å². The number of carbonyl (C=O) groups is 3. The summed E-state index contributed by atoms with van der Waals surface area (Å²) in [4.78, 5) is 36.6. The fourth-order valence-corrected chi connectivity index (χ4v) is 4.93. The molecule has 1 aliphatic heterocycles. The van der Waals surface area contributed by atoms with Crippen molar-refractivity contribution < 1.29 is 37.4 Å². The van der Waals surface area contributed by atoms with Crippen molar-refractivity contribution in [3.05, 3.63) is 27.8 Å². The van der Waals surface area contributed by atoms with Gasteiger partial charge in [-0.3, -0.25) is 9.59 Å². The Morgan fingerprint density at radius 1 is 1.30 bits per heavy atom. The Balaban J connectivity index is 1.57. The molecule has 6 nitrogen and oxygen atoms in total. The maximum absolute atomic E-state index is 13.2. The summed E-state index contributed by atoms with van der Waals surface area (Å²) < 4.78 is 43.0. The number of benzene rings is 1. The standard InChI is InChI=1S/C18H15F2IO6/c1-18(19,20)17(24)27-14-10-6-9-12(16(23)26-13(9)14)11(10)15(22)25-8-4-2-3-7(21)5-8/h2-5,9-14H,6H2,1H3. The lowest BCUT2D eigenvalue weighted by atomic mass is 9.78. The molecule has 0 amide bonds. The van der Waals surface area contributed by atoms with Crippen LogP contribution in [0.5, 0.6) is 5.75 Å². The second kappa shape index (κ2) is 6.39. The number of hydrogen-bond donors (Lipinski definition) is 0. The summed E-state index contributed by atoms with van der Waals surface area (Å²) in [7, 11) is 0. The van der Waals surface area contributed by atoms with E-state index in [0.717, 1.165) is 3.57 Å². The fraction of sp³-hybridized carbons (Fsp3) is 0.500. The number of halogens is 3. The topological polar surface area (TPSA) is 78.9 Å². The Hall–Kier alpha value is -1.78. The number of esters is 3. The zero-order valence-corrected chi connectivity index (χ0v) is 16.2. The molecule has 4 rings (SSSR count). The molecule has 2 bridgehead atoms. The molecule has 27 heavy (non-hydrogen) atoms. The second-order valence-corrected chi connectivity index (χ2v) is 8.40. The van der Waals surface area contributed by atoms with E-state index < -0.39 is 53.8 Å². The van der Waals surface area contributed by atoms with E-state index >= 15 is 0 Å². The average molecular weight is 492 g/mol. The molecule has 1 heterocycles. The molecule has 144 valence electrons. The predicted molar refractivity (Wildman–Crippen MR) is 93.8 cm³/mol. The first kappa shape index (κ1) is 18.6. The summed E-state index contributed by atoms with van der Waals surface area (Å²) >= 11 is 2.07. The highest BCUT2D eigenvalue weighted by Gasteiger charge is 2.70. The van der Waals surface area contributed by atoms with Crippen molar-refractivity contribution in [1.29, 1.82) is 0 Å². The van der Waals surface area contributed by atoms with Crippen LogP contribution in [0.4, 0.5) is 8.78 Å². The number of hydrogen-bond acceptors (Lipinski definition) is 6. The highest BCUT2D eigenvalue weighted by Crippen LogP contribution is 2.59. The maximum Gasteiger partial charge on any atom is 0.377 e. The SMILES string of the molecule is CC(F)(F)C(=O)OC1C2CC3C1OC(=O)C3C2C(=O)Oc1cccc(I)c1. The zero-order valence-electron chi connectivity index (χ0n) is 14.1. The third kappa shape index (κ3) is 3.09. The Bertz CT molecular complexity index is 822. The van der Waals surface area contributed by atoms with Gasteiger partial charge in [-0.2, -0.15) is 8.78 Å². The summed E-state index contributed by atoms with van der Waals surface area (Å²) in [5.41, 5.74) is 0. The Labute approximate surface area is 166 Å². The van der Waals surface area contributed by atoms with Crippen molar-refractivity contribution in [2.45, 2.75) is 31.5 Å². The van der Waals surface area contributed by atoms with Gasteiger partial charge in [-0.25, -0.2) is 4.79 Å². The molecule has 0 radical (unpaired) electrons. The van der Waals surface area contributed by atoms with Gasteiger partial charge in [0.05, 0.1) is 11.8 Å². The normalized spacial score (nSPS) is 33.7. The molecule has 6 unspecified atom stereocenters. The summed E-state index contributed by atoms with van der Waals surface area (Å²) in [5, 5.41) is 0. The third-order valence-corrected chi connectivity index (χ3v) is 6.11. The van der Waals surface area contributed by atoms with Crippen LogP contribution in [-0.4, -0.2) is 36.0 Å². The zero-order chi connectivity index (χ0) is 19.5. The van der Waals surface area contributed by atoms with Crippen LogP contribution in [0.1, 0.15) is 13.3 Å². The first-order valence-corrected chi connectivity index (χ1v) is 9.51. The van der Waals surface area contributed by atoms with E-state index in [1.165, 1.54) is 0 Å². The first-order valence-electron chi connectivity index (χ1n) is 8.43. The molecule has 1 saturated heterocycles. The van der Waals surface area contributed by atoms with E-state index in [0.29, 0.717) is 19.1 Å². The van der Waals surface area contributed by atoms with Crippen LogP contribution in [0, 0.1) is 27.2 Å². The fourth-order valence-electron chi connectivity index (χ4n) is 4.41. The minimum Gasteiger partial charge on any atom is -0.458 e. The maximum atomic E-state index is 13.2. The monoisotopic (exact) mass is 492 g/mol. The molecule has 0 spiro atoms. The van der Waals surface area contributed by atoms with E-state index in [-0.39, 0.29) is 5.92 Å². The highest BCUT2D eigenvalue weighted by atomic mass is 127. The molecule has 1 aromatic rings. The van der Waals surface area contributed by atoms with Crippen LogP contribution in [0.3, 0.4) is 0 Å². The van der Waals surface area contributed by atoms with Gasteiger partial charge in [0.15, 0.2) is 0 Å². The molecule has 2 aliphatic carbocycles. The van der Waals surface area contributed by atoms with Gasteiger partial charge in [0, 0.05) is 22.3 Å². The van der Waals surface area contributed by atoms with Crippen LogP contribution >= 0.6 is 22.6 Å². The van der Waals surface area contributed by atoms with E-state index in [1.54, 1.807) is 18.2 Å². The average Bonchev–Trinajstić information content (AvgIpc) is 3.17. The van der Waals surface area contributed by atoms with Crippen molar-refractivity contribution in [1.82, 2.24) is 0 Å². The lowest BCUT2D eigenvalue weighted by molar-refractivity contribution is -0.185. The number of carbonyl (C=O) groups excluding carboxylic acids is 3. The van der Waals surface area contributed by atoms with Gasteiger partial charge in [0.25, 0.3) is 0 Å². The van der Waals surface area contributed by atoms with Crippen LogP contribution in [-0.2, 0) is 23.9 Å².